The minimum absolute atomic E-state index is 0.0864. The van der Waals surface area contributed by atoms with Crippen molar-refractivity contribution in [1.82, 2.24) is 9.55 Å². The molecule has 1 heterocycles. The lowest BCUT2D eigenvalue weighted by atomic mass is 10.2. The summed E-state index contributed by atoms with van der Waals surface area (Å²) in [5.74, 6) is -0.985. The minimum Gasteiger partial charge on any atom is -0.494 e. The number of nitrogens with zero attached hydrogens (tertiary/aromatic N) is 1. The summed E-state index contributed by atoms with van der Waals surface area (Å²) in [6, 6.07) is 3.88. The summed E-state index contributed by atoms with van der Waals surface area (Å²) in [4.78, 5) is 25.5. The van der Waals surface area contributed by atoms with Gasteiger partial charge in [-0.15, -0.1) is 0 Å². The largest absolute Gasteiger partial charge is 0.494 e. The molecule has 0 unspecified atom stereocenters. The van der Waals surface area contributed by atoms with Crippen molar-refractivity contribution in [2.24, 2.45) is 0 Å². The van der Waals surface area contributed by atoms with Crippen LogP contribution < -0.4 is 11.2 Å². The van der Waals surface area contributed by atoms with Crippen LogP contribution in [0.2, 0.25) is 0 Å². The van der Waals surface area contributed by atoms with Gasteiger partial charge in [0.05, 0.1) is 11.3 Å². The van der Waals surface area contributed by atoms with Crippen LogP contribution in [0, 0.1) is 12.7 Å². The molecule has 5 nitrogen and oxygen atoms in total. The zero-order valence-electron chi connectivity index (χ0n) is 10.5. The topological polar surface area (TPSA) is 75.1 Å². The van der Waals surface area contributed by atoms with Crippen LogP contribution in [0.15, 0.2) is 27.8 Å². The minimum atomic E-state index is -0.798. The molecule has 19 heavy (non-hydrogen) atoms. The number of benzene rings is 1. The smallest absolute Gasteiger partial charge is 0.335 e. The number of aromatic amines is 1. The lowest BCUT2D eigenvalue weighted by Gasteiger charge is -2.12. The number of hydrogen-bond acceptors (Lipinski definition) is 3. The van der Waals surface area contributed by atoms with Gasteiger partial charge in [-0.05, 0) is 31.0 Å². The normalized spacial score (nSPS) is 10.7. The van der Waals surface area contributed by atoms with E-state index in [2.05, 4.69) is 4.98 Å². The Balaban J connectivity index is 2.86. The van der Waals surface area contributed by atoms with Gasteiger partial charge in [0.25, 0.3) is 5.56 Å². The van der Waals surface area contributed by atoms with Crippen molar-refractivity contribution in [1.29, 1.82) is 0 Å². The van der Waals surface area contributed by atoms with Gasteiger partial charge in [0.15, 0.2) is 0 Å². The van der Waals surface area contributed by atoms with Crippen molar-refractivity contribution < 1.29 is 9.50 Å². The van der Waals surface area contributed by atoms with Gasteiger partial charge in [-0.25, -0.2) is 13.8 Å². The van der Waals surface area contributed by atoms with Crippen LogP contribution in [0.5, 0.6) is 5.88 Å². The van der Waals surface area contributed by atoms with Crippen LogP contribution in [0.3, 0.4) is 0 Å². The molecular formula is C13H13FN2O3. The third-order valence-corrected chi connectivity index (χ3v) is 2.95. The Morgan fingerprint density at radius 3 is 2.68 bits per heavy atom. The quantitative estimate of drug-likeness (QED) is 0.857. The van der Waals surface area contributed by atoms with E-state index in [1.54, 1.807) is 13.8 Å². The molecule has 0 fully saturated rings. The van der Waals surface area contributed by atoms with Crippen LogP contribution in [0.25, 0.3) is 5.69 Å². The Bertz CT molecular complexity index is 747. The van der Waals surface area contributed by atoms with Gasteiger partial charge >= 0.3 is 5.69 Å². The Hall–Kier alpha value is -2.37. The number of halogens is 1. The fourth-order valence-electron chi connectivity index (χ4n) is 1.93. The summed E-state index contributed by atoms with van der Waals surface area (Å²) in [5.41, 5.74) is -0.534. The Morgan fingerprint density at radius 2 is 2.05 bits per heavy atom. The molecule has 0 atom stereocenters. The van der Waals surface area contributed by atoms with Crippen molar-refractivity contribution in [3.8, 4) is 11.6 Å². The highest BCUT2D eigenvalue weighted by Gasteiger charge is 2.15. The molecule has 1 aromatic heterocycles. The Kier molecular flexibility index (Phi) is 3.25. The van der Waals surface area contributed by atoms with Crippen molar-refractivity contribution in [2.45, 2.75) is 20.3 Å². The summed E-state index contributed by atoms with van der Waals surface area (Å²) >= 11 is 0. The number of aromatic nitrogens is 2. The van der Waals surface area contributed by atoms with Crippen LogP contribution in [0.1, 0.15) is 18.1 Å². The lowest BCUT2D eigenvalue weighted by Crippen LogP contribution is -2.31. The second kappa shape index (κ2) is 4.72. The van der Waals surface area contributed by atoms with E-state index in [0.717, 1.165) is 10.6 Å². The van der Waals surface area contributed by atoms with Crippen LogP contribution in [0.4, 0.5) is 4.39 Å². The van der Waals surface area contributed by atoms with Gasteiger partial charge in [0.2, 0.25) is 5.88 Å². The summed E-state index contributed by atoms with van der Waals surface area (Å²) < 4.78 is 14.2. The highest BCUT2D eigenvalue weighted by molar-refractivity contribution is 5.44. The predicted molar refractivity (Wildman–Crippen MR) is 68.4 cm³/mol. The standard InChI is InChI=1S/C13H13FN2O3/c1-3-9-11(17)15-13(19)16(12(9)18)10-6-8(14)5-4-7(10)2/h4-6,18H,3H2,1-2H3,(H,15,17,19). The third-order valence-electron chi connectivity index (χ3n) is 2.95. The van der Waals surface area contributed by atoms with Gasteiger partial charge in [-0.1, -0.05) is 13.0 Å². The lowest BCUT2D eigenvalue weighted by molar-refractivity contribution is 0.423. The highest BCUT2D eigenvalue weighted by atomic mass is 19.1. The van der Waals surface area contributed by atoms with E-state index in [1.165, 1.54) is 12.1 Å². The van der Waals surface area contributed by atoms with E-state index >= 15 is 0 Å². The van der Waals surface area contributed by atoms with Gasteiger partial charge in [-0.2, -0.15) is 0 Å². The van der Waals surface area contributed by atoms with Gasteiger partial charge < -0.3 is 5.11 Å². The highest BCUT2D eigenvalue weighted by Crippen LogP contribution is 2.20. The molecule has 6 heteroatoms. The first-order chi connectivity index (χ1) is 8.95. The average molecular weight is 264 g/mol. The van der Waals surface area contributed by atoms with E-state index in [0.29, 0.717) is 5.56 Å². The average Bonchev–Trinajstić information content (AvgIpc) is 2.33. The zero-order valence-corrected chi connectivity index (χ0v) is 10.5. The molecule has 0 aliphatic rings. The SMILES string of the molecule is CCc1c(O)n(-c2cc(F)ccc2C)c(=O)[nH]c1=O. The van der Waals surface area contributed by atoms with Crippen LogP contribution >= 0.6 is 0 Å². The number of aryl methyl sites for hydroxylation is 1. The molecule has 2 rings (SSSR count). The molecule has 0 bridgehead atoms. The maximum absolute atomic E-state index is 13.3. The molecule has 100 valence electrons. The van der Waals surface area contributed by atoms with Gasteiger partial charge in [0.1, 0.15) is 5.82 Å². The first-order valence-electron chi connectivity index (χ1n) is 5.79. The Labute approximate surface area is 108 Å². The number of nitrogens with one attached hydrogen (secondary N) is 1. The van der Waals surface area contributed by atoms with E-state index in [-0.39, 0.29) is 17.7 Å². The summed E-state index contributed by atoms with van der Waals surface area (Å²) in [6.07, 6.45) is 0.260. The van der Waals surface area contributed by atoms with E-state index in [9.17, 15) is 19.1 Å². The molecule has 2 N–H and O–H groups in total. The molecule has 0 aliphatic carbocycles. The van der Waals surface area contributed by atoms with E-state index < -0.39 is 22.9 Å². The van der Waals surface area contributed by atoms with Crippen molar-refractivity contribution in [2.75, 3.05) is 0 Å². The van der Waals surface area contributed by atoms with Crippen LogP contribution in [-0.2, 0) is 6.42 Å². The van der Waals surface area contributed by atoms with Crippen LogP contribution in [-0.4, -0.2) is 14.7 Å². The number of H-pyrrole nitrogens is 1. The molecule has 0 saturated heterocycles. The van der Waals surface area contributed by atoms with Gasteiger partial charge in [-0.3, -0.25) is 9.78 Å². The molecule has 0 amide bonds. The Morgan fingerprint density at radius 1 is 1.37 bits per heavy atom. The molecule has 1 aromatic carbocycles. The number of aromatic hydroxyl groups is 1. The first kappa shape index (κ1) is 13.1. The maximum atomic E-state index is 13.3. The second-order valence-electron chi connectivity index (χ2n) is 4.18. The zero-order chi connectivity index (χ0) is 14.2. The molecule has 0 saturated carbocycles. The van der Waals surface area contributed by atoms with E-state index in [1.807, 2.05) is 0 Å². The monoisotopic (exact) mass is 264 g/mol. The molecular weight excluding hydrogens is 251 g/mol. The predicted octanol–water partition coefficient (Wildman–Crippen LogP) is 1.24. The number of hydrogen-bond donors (Lipinski definition) is 2. The molecule has 2 aromatic rings. The first-order valence-corrected chi connectivity index (χ1v) is 5.79. The third kappa shape index (κ3) is 2.16. The van der Waals surface area contributed by atoms with Gasteiger partial charge in [0, 0.05) is 0 Å². The second-order valence-corrected chi connectivity index (χ2v) is 4.18. The fourth-order valence-corrected chi connectivity index (χ4v) is 1.93. The van der Waals surface area contributed by atoms with Crippen molar-refractivity contribution >= 4 is 0 Å². The van der Waals surface area contributed by atoms with Crippen molar-refractivity contribution in [3.05, 3.63) is 56.0 Å². The maximum Gasteiger partial charge on any atom is 0.335 e. The number of rotatable bonds is 2. The van der Waals surface area contributed by atoms with E-state index in [4.69, 9.17) is 0 Å². The molecule has 0 spiro atoms. The summed E-state index contributed by atoms with van der Waals surface area (Å²) in [5, 5.41) is 10.0. The van der Waals surface area contributed by atoms with Crippen molar-refractivity contribution in [3.63, 3.8) is 0 Å². The molecule has 0 aliphatic heterocycles. The summed E-state index contributed by atoms with van der Waals surface area (Å²) in [7, 11) is 0. The fraction of sp³-hybridized carbons (Fsp3) is 0.231. The summed E-state index contributed by atoms with van der Waals surface area (Å²) in [6.45, 7) is 3.36. The molecule has 0 radical (unpaired) electrons.